The van der Waals surface area contributed by atoms with E-state index in [0.29, 0.717) is 25.7 Å². The summed E-state index contributed by atoms with van der Waals surface area (Å²) in [5.74, 6) is 0.151. The Balaban J connectivity index is 5.26. The summed E-state index contributed by atoms with van der Waals surface area (Å²) >= 11 is 0. The molecule has 0 heterocycles. The highest BCUT2D eigenvalue weighted by Gasteiger charge is 2.30. The average molecular weight is 1330 g/mol. The van der Waals surface area contributed by atoms with Gasteiger partial charge >= 0.3 is 39.5 Å². The number of aliphatic hydroxyl groups is 1. The van der Waals surface area contributed by atoms with E-state index in [1.807, 2.05) is 0 Å². The molecule has 90 heavy (non-hydrogen) atoms. The van der Waals surface area contributed by atoms with Crippen LogP contribution in [0.2, 0.25) is 0 Å². The molecular weight excluding hydrogens is 1190 g/mol. The van der Waals surface area contributed by atoms with Crippen LogP contribution >= 0.6 is 15.6 Å². The van der Waals surface area contributed by atoms with Gasteiger partial charge in [0.2, 0.25) is 0 Å². The standard InChI is InChI=1S/C71H138O17P2/c1-8-12-13-14-15-16-17-18-19-20-21-22-23-31-40-47-54-70(75)87-66(58-81-68(73)52-45-38-30-26-24-28-35-42-49-62(5)9-2)60-85-89(77,78)83-56-65(72)57-84-90(79,80)86-61-67(59-82-69(74)53-46-39-34-33-37-44-51-64(7)11-4)88-71(76)55-48-41-32-27-25-29-36-43-50-63(6)10-3/h62-67,72H,8-61H2,1-7H3,(H,77,78)(H,79,80)/t62?,63?,64?,65-,66-,67-/m1/s1. The lowest BCUT2D eigenvalue weighted by molar-refractivity contribution is -0.161. The minimum Gasteiger partial charge on any atom is -0.462 e. The first-order valence-electron chi connectivity index (χ1n) is 37.0. The molecule has 0 rings (SSSR count). The first-order chi connectivity index (χ1) is 43.3. The van der Waals surface area contributed by atoms with Gasteiger partial charge in [0, 0.05) is 25.7 Å². The molecule has 0 saturated carbocycles. The number of hydrogen-bond donors (Lipinski definition) is 3. The van der Waals surface area contributed by atoms with Crippen LogP contribution < -0.4 is 0 Å². The number of hydrogen-bond acceptors (Lipinski definition) is 15. The molecule has 0 aromatic heterocycles. The molecule has 0 aliphatic heterocycles. The smallest absolute Gasteiger partial charge is 0.462 e. The number of unbranched alkanes of at least 4 members (excludes halogenated alkanes) is 34. The number of carbonyl (C=O) groups excluding carboxylic acids is 4. The Morgan fingerprint density at radius 1 is 0.311 bits per heavy atom. The average Bonchev–Trinajstić information content (AvgIpc) is 2.82. The Hall–Kier alpha value is -1.94. The van der Waals surface area contributed by atoms with Crippen molar-refractivity contribution in [2.24, 2.45) is 17.8 Å². The monoisotopic (exact) mass is 1320 g/mol. The van der Waals surface area contributed by atoms with Gasteiger partial charge < -0.3 is 33.8 Å². The van der Waals surface area contributed by atoms with Crippen LogP contribution in [-0.2, 0) is 65.4 Å². The third kappa shape index (κ3) is 61.0. The Kier molecular flexibility index (Phi) is 60.6. The van der Waals surface area contributed by atoms with E-state index in [1.165, 1.54) is 161 Å². The van der Waals surface area contributed by atoms with Crippen molar-refractivity contribution in [3.63, 3.8) is 0 Å². The van der Waals surface area contributed by atoms with Crippen LogP contribution in [0.3, 0.4) is 0 Å². The van der Waals surface area contributed by atoms with E-state index in [4.69, 9.17) is 37.0 Å². The number of ether oxygens (including phenoxy) is 4. The number of carbonyl (C=O) groups is 4. The van der Waals surface area contributed by atoms with Gasteiger partial charge in [-0.05, 0) is 43.4 Å². The third-order valence-corrected chi connectivity index (χ3v) is 19.4. The molecule has 0 bridgehead atoms. The van der Waals surface area contributed by atoms with E-state index in [0.717, 1.165) is 114 Å². The van der Waals surface area contributed by atoms with E-state index < -0.39 is 97.5 Å². The maximum Gasteiger partial charge on any atom is 0.472 e. The molecule has 5 unspecified atom stereocenters. The lowest BCUT2D eigenvalue weighted by Crippen LogP contribution is -2.30. The third-order valence-electron chi connectivity index (χ3n) is 17.5. The van der Waals surface area contributed by atoms with Gasteiger partial charge in [-0.15, -0.1) is 0 Å². The van der Waals surface area contributed by atoms with Gasteiger partial charge in [-0.2, -0.15) is 0 Å². The summed E-state index contributed by atoms with van der Waals surface area (Å²) in [4.78, 5) is 72.6. The lowest BCUT2D eigenvalue weighted by atomic mass is 9.99. The van der Waals surface area contributed by atoms with Crippen LogP contribution in [0, 0.1) is 17.8 Å². The van der Waals surface area contributed by atoms with E-state index in [-0.39, 0.29) is 25.7 Å². The second-order valence-electron chi connectivity index (χ2n) is 26.4. The van der Waals surface area contributed by atoms with E-state index in [1.54, 1.807) is 0 Å². The highest BCUT2D eigenvalue weighted by molar-refractivity contribution is 7.47. The molecule has 0 saturated heterocycles. The summed E-state index contributed by atoms with van der Waals surface area (Å²) in [6.45, 7) is 11.8. The van der Waals surface area contributed by atoms with Crippen molar-refractivity contribution in [3.05, 3.63) is 0 Å². The van der Waals surface area contributed by atoms with Crippen molar-refractivity contribution < 1.29 is 80.2 Å². The fraction of sp³-hybridized carbons (Fsp3) is 0.944. The van der Waals surface area contributed by atoms with E-state index >= 15 is 0 Å². The Bertz CT molecular complexity index is 1770. The molecule has 8 atom stereocenters. The predicted molar refractivity (Wildman–Crippen MR) is 363 cm³/mol. The molecule has 0 aromatic carbocycles. The van der Waals surface area contributed by atoms with Crippen molar-refractivity contribution >= 4 is 39.5 Å². The number of phosphoric ester groups is 2. The molecule has 0 aliphatic rings. The Labute approximate surface area is 549 Å². The molecule has 0 spiro atoms. The van der Waals surface area contributed by atoms with Gasteiger partial charge in [0.05, 0.1) is 26.4 Å². The van der Waals surface area contributed by atoms with Crippen molar-refractivity contribution in [2.75, 3.05) is 39.6 Å². The molecule has 19 heteroatoms. The van der Waals surface area contributed by atoms with Gasteiger partial charge in [0.1, 0.15) is 19.3 Å². The van der Waals surface area contributed by atoms with Crippen LogP contribution in [0.25, 0.3) is 0 Å². The summed E-state index contributed by atoms with van der Waals surface area (Å²) in [5, 5.41) is 10.6. The van der Waals surface area contributed by atoms with Crippen LogP contribution in [0.4, 0.5) is 0 Å². The zero-order valence-electron chi connectivity index (χ0n) is 58.6. The van der Waals surface area contributed by atoms with Crippen molar-refractivity contribution in [3.8, 4) is 0 Å². The van der Waals surface area contributed by atoms with E-state index in [9.17, 15) is 43.2 Å². The summed E-state index contributed by atoms with van der Waals surface area (Å²) in [7, 11) is -9.90. The minimum atomic E-state index is -4.95. The van der Waals surface area contributed by atoms with Gasteiger partial charge in [-0.1, -0.05) is 305 Å². The first-order valence-corrected chi connectivity index (χ1v) is 40.0. The number of aliphatic hydroxyl groups excluding tert-OH is 1. The Morgan fingerprint density at radius 3 is 0.789 bits per heavy atom. The highest BCUT2D eigenvalue weighted by Crippen LogP contribution is 2.45. The maximum atomic E-state index is 13.0. The molecule has 0 aliphatic carbocycles. The summed E-state index contributed by atoms with van der Waals surface area (Å²) in [6.07, 6.45) is 45.7. The van der Waals surface area contributed by atoms with Crippen molar-refractivity contribution in [1.29, 1.82) is 0 Å². The fourth-order valence-corrected chi connectivity index (χ4v) is 12.2. The number of rotatable bonds is 69. The molecular formula is C71H138O17P2. The normalized spacial score (nSPS) is 15.1. The molecule has 17 nitrogen and oxygen atoms in total. The Morgan fingerprint density at radius 2 is 0.533 bits per heavy atom. The zero-order valence-corrected chi connectivity index (χ0v) is 60.4. The van der Waals surface area contributed by atoms with Crippen molar-refractivity contribution in [2.45, 2.75) is 375 Å². The predicted octanol–water partition coefficient (Wildman–Crippen LogP) is 20.2. The molecule has 0 fully saturated rings. The number of phosphoric acid groups is 2. The summed E-state index contributed by atoms with van der Waals surface area (Å²) in [5.41, 5.74) is 0. The maximum absolute atomic E-state index is 13.0. The molecule has 0 radical (unpaired) electrons. The molecule has 0 aromatic rings. The minimum absolute atomic E-state index is 0.104. The van der Waals surface area contributed by atoms with E-state index in [2.05, 4.69) is 48.5 Å². The van der Waals surface area contributed by atoms with Crippen LogP contribution in [0.5, 0.6) is 0 Å². The summed E-state index contributed by atoms with van der Waals surface area (Å²) < 4.78 is 68.3. The molecule has 534 valence electrons. The van der Waals surface area contributed by atoms with Gasteiger partial charge in [0.25, 0.3) is 0 Å². The van der Waals surface area contributed by atoms with Crippen LogP contribution in [0.1, 0.15) is 357 Å². The topological polar surface area (TPSA) is 237 Å². The molecule has 0 amide bonds. The highest BCUT2D eigenvalue weighted by atomic mass is 31.2. The fourth-order valence-electron chi connectivity index (χ4n) is 10.6. The van der Waals surface area contributed by atoms with Crippen molar-refractivity contribution in [1.82, 2.24) is 0 Å². The summed E-state index contributed by atoms with van der Waals surface area (Å²) in [6, 6.07) is 0. The van der Waals surface area contributed by atoms with Crippen LogP contribution in [0.15, 0.2) is 0 Å². The van der Waals surface area contributed by atoms with Gasteiger partial charge in [0.15, 0.2) is 12.2 Å². The van der Waals surface area contributed by atoms with Crippen LogP contribution in [-0.4, -0.2) is 96.7 Å². The SMILES string of the molecule is CCCCCCCCCCCCCCCCCCC(=O)O[C@H](COC(=O)CCCCCCCCCCC(C)CC)COP(=O)(O)OC[C@@H](O)COP(=O)(O)OC[C@@H](COC(=O)CCCCCCCCC(C)CC)OC(=O)CCCCCCCCCCC(C)CC. The lowest BCUT2D eigenvalue weighted by Gasteiger charge is -2.21. The largest absolute Gasteiger partial charge is 0.472 e. The second-order valence-corrected chi connectivity index (χ2v) is 29.3. The second kappa shape index (κ2) is 61.9. The molecule has 3 N–H and O–H groups in total. The van der Waals surface area contributed by atoms with Gasteiger partial charge in [-0.25, -0.2) is 9.13 Å². The van der Waals surface area contributed by atoms with Gasteiger partial charge in [-0.3, -0.25) is 37.3 Å². The quantitative estimate of drug-likeness (QED) is 0.0222. The first kappa shape index (κ1) is 88.1. The number of esters is 4. The zero-order chi connectivity index (χ0) is 66.6.